The third-order valence-corrected chi connectivity index (χ3v) is 5.57. The van der Waals surface area contributed by atoms with Crippen molar-refractivity contribution < 1.29 is 24.3 Å². The summed E-state index contributed by atoms with van der Waals surface area (Å²) >= 11 is 0. The van der Waals surface area contributed by atoms with Gasteiger partial charge in [0.1, 0.15) is 12.1 Å². The van der Waals surface area contributed by atoms with E-state index in [1.165, 1.54) is 0 Å². The number of rotatable bonds is 13. The first-order valence-corrected chi connectivity index (χ1v) is 10.4. The van der Waals surface area contributed by atoms with Crippen LogP contribution in [-0.2, 0) is 19.2 Å². The lowest BCUT2D eigenvalue weighted by molar-refractivity contribution is -0.144. The number of hydrogen-bond acceptors (Lipinski definition) is 5. The summed E-state index contributed by atoms with van der Waals surface area (Å²) in [6, 6.07) is -2.66. The van der Waals surface area contributed by atoms with Crippen LogP contribution in [0.4, 0.5) is 0 Å². The summed E-state index contributed by atoms with van der Waals surface area (Å²) in [7, 11) is 0. The second-order valence-electron chi connectivity index (χ2n) is 7.77. The molecule has 0 spiro atoms. The largest absolute Gasteiger partial charge is 0.480 e. The molecule has 0 aliphatic rings. The Balaban J connectivity index is 5.03. The van der Waals surface area contributed by atoms with Crippen LogP contribution in [0.15, 0.2) is 0 Å². The summed E-state index contributed by atoms with van der Waals surface area (Å²) in [6.07, 6.45) is 1.92. The zero-order valence-electron chi connectivity index (χ0n) is 18.5. The Kier molecular flexibility index (Phi) is 12.2. The van der Waals surface area contributed by atoms with Gasteiger partial charge in [0, 0.05) is 0 Å². The van der Waals surface area contributed by atoms with Crippen LogP contribution in [0, 0.1) is 17.8 Å². The second kappa shape index (κ2) is 13.1. The highest BCUT2D eigenvalue weighted by Gasteiger charge is 2.32. The number of aliphatic carboxylic acids is 1. The summed E-state index contributed by atoms with van der Waals surface area (Å²) < 4.78 is 0. The van der Waals surface area contributed by atoms with Crippen molar-refractivity contribution in [2.24, 2.45) is 23.5 Å². The highest BCUT2D eigenvalue weighted by atomic mass is 16.4. The number of amides is 3. The van der Waals surface area contributed by atoms with Crippen LogP contribution in [0.1, 0.15) is 60.8 Å². The van der Waals surface area contributed by atoms with Gasteiger partial charge in [-0.25, -0.2) is 4.79 Å². The molecule has 3 amide bonds. The molecular formula is C20H38N4O5. The first kappa shape index (κ1) is 26.8. The van der Waals surface area contributed by atoms with Gasteiger partial charge in [0.2, 0.25) is 17.7 Å². The van der Waals surface area contributed by atoms with E-state index < -0.39 is 41.8 Å². The molecule has 0 aliphatic carbocycles. The van der Waals surface area contributed by atoms with E-state index in [1.807, 2.05) is 27.7 Å². The van der Waals surface area contributed by atoms with Crippen LogP contribution in [0.3, 0.4) is 0 Å². The molecule has 0 fully saturated rings. The average molecular weight is 415 g/mol. The molecule has 0 saturated heterocycles. The smallest absolute Gasteiger partial charge is 0.326 e. The topological polar surface area (TPSA) is 151 Å². The molecule has 0 aromatic heterocycles. The first-order chi connectivity index (χ1) is 13.5. The molecule has 9 heteroatoms. The van der Waals surface area contributed by atoms with Gasteiger partial charge in [-0.2, -0.15) is 0 Å². The summed E-state index contributed by atoms with van der Waals surface area (Å²) in [6.45, 7) is 10.7. The van der Waals surface area contributed by atoms with Gasteiger partial charge < -0.3 is 26.8 Å². The van der Waals surface area contributed by atoms with E-state index in [-0.39, 0.29) is 24.3 Å². The van der Waals surface area contributed by atoms with E-state index >= 15 is 0 Å². The maximum atomic E-state index is 12.7. The molecule has 0 aromatic rings. The van der Waals surface area contributed by atoms with Crippen LogP contribution in [0.5, 0.6) is 0 Å². The molecule has 168 valence electrons. The van der Waals surface area contributed by atoms with Crippen molar-refractivity contribution in [1.29, 1.82) is 0 Å². The molecule has 0 bridgehead atoms. The summed E-state index contributed by atoms with van der Waals surface area (Å²) in [5.74, 6) is -3.14. The lowest BCUT2D eigenvalue weighted by Crippen LogP contribution is -2.57. The number of carbonyl (C=O) groups is 4. The minimum absolute atomic E-state index is 0.0230. The summed E-state index contributed by atoms with van der Waals surface area (Å²) in [4.78, 5) is 48.5. The number of carbonyl (C=O) groups excluding carboxylic acids is 3. The van der Waals surface area contributed by atoms with Crippen LogP contribution < -0.4 is 21.7 Å². The zero-order valence-corrected chi connectivity index (χ0v) is 18.5. The standard InChI is InChI=1S/C20H38N4O5/c1-7-11(4)15(21)18(26)22-10-14(25)23-16(12(5)8-2)19(27)24-17(20(28)29)13(6)9-3/h11-13,15-17H,7-10,21H2,1-6H3,(H,22,26)(H,23,25)(H,24,27)(H,28,29). The average Bonchev–Trinajstić information content (AvgIpc) is 2.71. The Morgan fingerprint density at radius 2 is 1.28 bits per heavy atom. The van der Waals surface area contributed by atoms with Crippen molar-refractivity contribution in [2.75, 3.05) is 6.54 Å². The number of carboxylic acids is 1. The van der Waals surface area contributed by atoms with Gasteiger partial charge in [-0.05, 0) is 17.8 Å². The Hall–Kier alpha value is -2.16. The molecule has 9 nitrogen and oxygen atoms in total. The quantitative estimate of drug-likeness (QED) is 0.298. The van der Waals surface area contributed by atoms with Gasteiger partial charge >= 0.3 is 5.97 Å². The summed E-state index contributed by atoms with van der Waals surface area (Å²) in [5, 5.41) is 17.0. The molecule has 29 heavy (non-hydrogen) atoms. The number of nitrogens with two attached hydrogens (primary N) is 1. The van der Waals surface area contributed by atoms with Crippen LogP contribution in [0.2, 0.25) is 0 Å². The van der Waals surface area contributed by atoms with Crippen molar-refractivity contribution in [3.05, 3.63) is 0 Å². The van der Waals surface area contributed by atoms with Crippen molar-refractivity contribution in [3.8, 4) is 0 Å². The molecule has 6 unspecified atom stereocenters. The highest BCUT2D eigenvalue weighted by molar-refractivity contribution is 5.92. The lowest BCUT2D eigenvalue weighted by Gasteiger charge is -2.27. The molecular weight excluding hydrogens is 376 g/mol. The maximum absolute atomic E-state index is 12.7. The van der Waals surface area contributed by atoms with Crippen molar-refractivity contribution in [2.45, 2.75) is 78.9 Å². The molecule has 0 aliphatic heterocycles. The number of hydrogen-bond donors (Lipinski definition) is 5. The lowest BCUT2D eigenvalue weighted by atomic mass is 9.95. The van der Waals surface area contributed by atoms with Crippen LogP contribution >= 0.6 is 0 Å². The molecule has 6 N–H and O–H groups in total. The van der Waals surface area contributed by atoms with E-state index in [2.05, 4.69) is 16.0 Å². The molecule has 0 heterocycles. The normalized spacial score (nSPS) is 17.2. The number of nitrogens with one attached hydrogen (secondary N) is 3. The Morgan fingerprint density at radius 3 is 1.72 bits per heavy atom. The van der Waals surface area contributed by atoms with Crippen LogP contribution in [0.25, 0.3) is 0 Å². The Bertz CT molecular complexity index is 569. The first-order valence-electron chi connectivity index (χ1n) is 10.4. The molecule has 6 atom stereocenters. The van der Waals surface area contributed by atoms with Crippen LogP contribution in [-0.4, -0.2) is 53.5 Å². The Labute approximate surface area is 173 Å². The maximum Gasteiger partial charge on any atom is 0.326 e. The number of carboxylic acid groups (broad SMARTS) is 1. The fraction of sp³-hybridized carbons (Fsp3) is 0.800. The van der Waals surface area contributed by atoms with E-state index in [0.717, 1.165) is 6.42 Å². The monoisotopic (exact) mass is 414 g/mol. The van der Waals surface area contributed by atoms with E-state index in [4.69, 9.17) is 5.73 Å². The van der Waals surface area contributed by atoms with Gasteiger partial charge in [0.15, 0.2) is 0 Å². The third-order valence-electron chi connectivity index (χ3n) is 5.57. The van der Waals surface area contributed by atoms with E-state index in [9.17, 15) is 24.3 Å². The van der Waals surface area contributed by atoms with Crippen molar-refractivity contribution >= 4 is 23.7 Å². The van der Waals surface area contributed by atoms with Gasteiger partial charge in [0.25, 0.3) is 0 Å². The SMILES string of the molecule is CCC(C)C(N)C(=O)NCC(=O)NC(C(=O)NC(C(=O)O)C(C)CC)C(C)CC. The molecule has 0 aromatic carbocycles. The van der Waals surface area contributed by atoms with E-state index in [1.54, 1.807) is 13.8 Å². The highest BCUT2D eigenvalue weighted by Crippen LogP contribution is 2.12. The van der Waals surface area contributed by atoms with Gasteiger partial charge in [-0.3, -0.25) is 14.4 Å². The molecule has 0 rings (SSSR count). The van der Waals surface area contributed by atoms with Crippen molar-refractivity contribution in [3.63, 3.8) is 0 Å². The van der Waals surface area contributed by atoms with Crippen molar-refractivity contribution in [1.82, 2.24) is 16.0 Å². The fourth-order valence-corrected chi connectivity index (χ4v) is 2.65. The van der Waals surface area contributed by atoms with Gasteiger partial charge in [-0.15, -0.1) is 0 Å². The minimum Gasteiger partial charge on any atom is -0.480 e. The fourth-order valence-electron chi connectivity index (χ4n) is 2.65. The predicted octanol–water partition coefficient (Wildman–Crippen LogP) is 0.622. The third kappa shape index (κ3) is 8.81. The van der Waals surface area contributed by atoms with E-state index in [0.29, 0.717) is 12.8 Å². The molecule has 0 saturated carbocycles. The zero-order chi connectivity index (χ0) is 22.7. The minimum atomic E-state index is -1.12. The van der Waals surface area contributed by atoms with Gasteiger partial charge in [0.05, 0.1) is 12.6 Å². The van der Waals surface area contributed by atoms with Gasteiger partial charge in [-0.1, -0.05) is 60.8 Å². The Morgan fingerprint density at radius 1 is 0.793 bits per heavy atom. The predicted molar refractivity (Wildman–Crippen MR) is 111 cm³/mol. The summed E-state index contributed by atoms with van der Waals surface area (Å²) in [5.41, 5.74) is 5.84. The molecule has 0 radical (unpaired) electrons. The second-order valence-corrected chi connectivity index (χ2v) is 7.77.